The first-order valence-corrected chi connectivity index (χ1v) is 11.1. The predicted molar refractivity (Wildman–Crippen MR) is 110 cm³/mol. The van der Waals surface area contributed by atoms with Crippen molar-refractivity contribution in [3.8, 4) is 0 Å². The average Bonchev–Trinajstić information content (AvgIpc) is 3.43. The fourth-order valence-electron chi connectivity index (χ4n) is 5.72. The molecule has 2 atom stereocenters. The summed E-state index contributed by atoms with van der Waals surface area (Å²) >= 11 is 0. The minimum absolute atomic E-state index is 0.0331. The van der Waals surface area contributed by atoms with Gasteiger partial charge < -0.3 is 15.0 Å². The number of nitrogens with zero attached hydrogens (tertiary/aromatic N) is 5. The Hall–Kier alpha value is -1.91. The molecule has 1 spiro atoms. The van der Waals surface area contributed by atoms with Crippen LogP contribution >= 0.6 is 0 Å². The van der Waals surface area contributed by atoms with Crippen molar-refractivity contribution >= 4 is 16.9 Å². The van der Waals surface area contributed by atoms with Crippen LogP contribution in [0.3, 0.4) is 0 Å². The van der Waals surface area contributed by atoms with Crippen molar-refractivity contribution in [2.45, 2.75) is 62.6 Å². The lowest BCUT2D eigenvalue weighted by Gasteiger charge is -2.46. The van der Waals surface area contributed by atoms with Crippen molar-refractivity contribution in [3.63, 3.8) is 0 Å². The van der Waals surface area contributed by atoms with Gasteiger partial charge in [0.25, 0.3) is 0 Å². The molecule has 5 heterocycles. The van der Waals surface area contributed by atoms with Gasteiger partial charge in [-0.1, -0.05) is 0 Å². The number of alkyl halides is 3. The molecule has 0 aromatic carbocycles. The molecule has 3 fully saturated rings. The summed E-state index contributed by atoms with van der Waals surface area (Å²) < 4.78 is 46.7. The Kier molecular flexibility index (Phi) is 5.34. The zero-order chi connectivity index (χ0) is 21.6. The van der Waals surface area contributed by atoms with E-state index in [4.69, 9.17) is 10.5 Å². The number of aromatic nitrogens is 3. The second-order valence-electron chi connectivity index (χ2n) is 9.17. The Morgan fingerprint density at radius 2 is 1.94 bits per heavy atom. The molecule has 2 unspecified atom stereocenters. The van der Waals surface area contributed by atoms with E-state index in [0.717, 1.165) is 62.6 Å². The van der Waals surface area contributed by atoms with Crippen molar-refractivity contribution in [2.24, 2.45) is 0 Å². The third-order valence-electron chi connectivity index (χ3n) is 7.29. The molecule has 3 aliphatic heterocycles. The molecular weight excluding hydrogens is 409 g/mol. The third kappa shape index (κ3) is 4.12. The minimum Gasteiger partial charge on any atom is -0.383 e. The second-order valence-corrected chi connectivity index (χ2v) is 9.17. The highest BCUT2D eigenvalue weighted by molar-refractivity contribution is 5.86. The van der Waals surface area contributed by atoms with Crippen LogP contribution < -0.4 is 5.73 Å². The van der Waals surface area contributed by atoms with Crippen molar-refractivity contribution in [1.29, 1.82) is 0 Å². The summed E-state index contributed by atoms with van der Waals surface area (Å²) in [5.74, 6) is 0.467. The number of hydrogen-bond acceptors (Lipinski definition) is 6. The number of piperidine rings is 1. The number of hydrogen-bond donors (Lipinski definition) is 1. The molecule has 31 heavy (non-hydrogen) atoms. The van der Waals surface area contributed by atoms with E-state index in [2.05, 4.69) is 14.9 Å². The van der Waals surface area contributed by atoms with Gasteiger partial charge >= 0.3 is 6.18 Å². The Morgan fingerprint density at radius 1 is 1.13 bits per heavy atom. The largest absolute Gasteiger partial charge is 0.401 e. The van der Waals surface area contributed by atoms with Crippen LogP contribution in [0, 0.1) is 0 Å². The maximum Gasteiger partial charge on any atom is 0.401 e. The Balaban J connectivity index is 1.21. The number of ether oxygens (including phenoxy) is 1. The molecule has 0 radical (unpaired) electrons. The van der Waals surface area contributed by atoms with Gasteiger partial charge in [-0.25, -0.2) is 9.97 Å². The highest BCUT2D eigenvalue weighted by Gasteiger charge is 2.45. The number of nitrogens with two attached hydrogens (primary N) is 1. The Bertz CT molecular complexity index is 923. The van der Waals surface area contributed by atoms with E-state index in [1.54, 1.807) is 4.90 Å². The molecular formula is C21H29F3N6O. The van der Waals surface area contributed by atoms with Crippen LogP contribution in [0.25, 0.3) is 11.0 Å². The monoisotopic (exact) mass is 438 g/mol. The summed E-state index contributed by atoms with van der Waals surface area (Å²) in [6.45, 7) is 2.07. The number of anilines is 1. The van der Waals surface area contributed by atoms with Gasteiger partial charge in [-0.15, -0.1) is 0 Å². The topological polar surface area (TPSA) is 72.4 Å². The maximum atomic E-state index is 12.7. The minimum atomic E-state index is -4.12. The average molecular weight is 438 g/mol. The normalized spacial score (nSPS) is 27.6. The summed E-state index contributed by atoms with van der Waals surface area (Å²) in [6, 6.07) is 1.92. The van der Waals surface area contributed by atoms with Crippen LogP contribution in [0.4, 0.5) is 19.0 Å². The van der Waals surface area contributed by atoms with Gasteiger partial charge in [-0.2, -0.15) is 13.2 Å². The molecule has 2 aromatic rings. The number of likely N-dealkylation sites (tertiary alicyclic amines) is 2. The van der Waals surface area contributed by atoms with Crippen molar-refractivity contribution in [2.75, 3.05) is 38.5 Å². The van der Waals surface area contributed by atoms with Gasteiger partial charge in [0, 0.05) is 31.4 Å². The van der Waals surface area contributed by atoms with Gasteiger partial charge in [0.1, 0.15) is 24.0 Å². The Labute approximate surface area is 179 Å². The van der Waals surface area contributed by atoms with Gasteiger partial charge in [0.2, 0.25) is 0 Å². The van der Waals surface area contributed by atoms with Crippen LogP contribution in [0.15, 0.2) is 18.6 Å². The standard InChI is InChI=1S/C21H29F3N6O/c22-21(23,24)13-28-10-6-20(7-11-28)5-1-8-29(20)12-15-2-3-17(31-15)30-9-4-16-18(25)26-14-27-19(16)30/h4,9,14-15,17H,1-3,5-8,10-13H2,(H2,25,26,27). The molecule has 5 rings (SSSR count). The summed E-state index contributed by atoms with van der Waals surface area (Å²) in [6.07, 6.45) is 4.98. The number of fused-ring (bicyclic) bond motifs is 1. The molecule has 2 N–H and O–H groups in total. The Morgan fingerprint density at radius 3 is 2.71 bits per heavy atom. The number of halogens is 3. The van der Waals surface area contributed by atoms with Gasteiger partial charge in [0.05, 0.1) is 18.0 Å². The molecule has 0 amide bonds. The van der Waals surface area contributed by atoms with Crippen molar-refractivity contribution in [1.82, 2.24) is 24.3 Å². The molecule has 0 aliphatic carbocycles. The van der Waals surface area contributed by atoms with Gasteiger partial charge in [-0.3, -0.25) is 9.80 Å². The van der Waals surface area contributed by atoms with E-state index in [9.17, 15) is 13.2 Å². The van der Waals surface area contributed by atoms with E-state index < -0.39 is 12.7 Å². The van der Waals surface area contributed by atoms with Crippen molar-refractivity contribution < 1.29 is 17.9 Å². The summed E-state index contributed by atoms with van der Waals surface area (Å²) in [4.78, 5) is 12.5. The third-order valence-corrected chi connectivity index (χ3v) is 7.29. The van der Waals surface area contributed by atoms with Crippen molar-refractivity contribution in [3.05, 3.63) is 18.6 Å². The molecule has 170 valence electrons. The molecule has 0 bridgehead atoms. The molecule has 2 aromatic heterocycles. The second kappa shape index (κ2) is 7.90. The smallest absolute Gasteiger partial charge is 0.383 e. The zero-order valence-electron chi connectivity index (χ0n) is 17.5. The SMILES string of the molecule is Nc1ncnc2c1ccn2C1CCC(CN2CCCC23CCN(CC(F)(F)F)CC3)O1. The van der Waals surface area contributed by atoms with E-state index in [1.165, 1.54) is 6.33 Å². The summed E-state index contributed by atoms with van der Waals surface area (Å²) in [7, 11) is 0. The number of nitrogen functional groups attached to an aromatic ring is 1. The van der Waals surface area contributed by atoms with E-state index in [1.807, 2.05) is 16.8 Å². The summed E-state index contributed by atoms with van der Waals surface area (Å²) in [5.41, 5.74) is 6.77. The lowest BCUT2D eigenvalue weighted by molar-refractivity contribution is -0.151. The molecule has 10 heteroatoms. The quantitative estimate of drug-likeness (QED) is 0.791. The van der Waals surface area contributed by atoms with Crippen LogP contribution in [0.1, 0.15) is 44.8 Å². The first kappa shape index (κ1) is 21.0. The molecule has 7 nitrogen and oxygen atoms in total. The fraction of sp³-hybridized carbons (Fsp3) is 0.714. The number of rotatable bonds is 4. The van der Waals surface area contributed by atoms with E-state index >= 15 is 0 Å². The van der Waals surface area contributed by atoms with Gasteiger partial charge in [-0.05, 0) is 51.1 Å². The van der Waals surface area contributed by atoms with Crippen LogP contribution in [-0.4, -0.2) is 74.9 Å². The first-order valence-electron chi connectivity index (χ1n) is 11.1. The lowest BCUT2D eigenvalue weighted by atomic mass is 9.84. The zero-order valence-corrected chi connectivity index (χ0v) is 17.5. The van der Waals surface area contributed by atoms with Crippen LogP contribution in [0.2, 0.25) is 0 Å². The molecule has 3 aliphatic rings. The van der Waals surface area contributed by atoms with E-state index in [0.29, 0.717) is 18.9 Å². The first-order chi connectivity index (χ1) is 14.8. The van der Waals surface area contributed by atoms with Crippen LogP contribution in [-0.2, 0) is 4.74 Å². The fourth-order valence-corrected chi connectivity index (χ4v) is 5.72. The summed E-state index contributed by atoms with van der Waals surface area (Å²) in [5, 5.41) is 0.832. The van der Waals surface area contributed by atoms with Crippen LogP contribution in [0.5, 0.6) is 0 Å². The van der Waals surface area contributed by atoms with E-state index in [-0.39, 0.29) is 17.9 Å². The molecule has 3 saturated heterocycles. The highest BCUT2D eigenvalue weighted by Crippen LogP contribution is 2.41. The maximum absolute atomic E-state index is 12.7. The predicted octanol–water partition coefficient (Wildman–Crippen LogP) is 3.18. The van der Waals surface area contributed by atoms with Gasteiger partial charge in [0.15, 0.2) is 0 Å². The highest BCUT2D eigenvalue weighted by atomic mass is 19.4. The lowest BCUT2D eigenvalue weighted by Crippen LogP contribution is -2.54. The molecule has 0 saturated carbocycles.